The van der Waals surface area contributed by atoms with Gasteiger partial charge < -0.3 is 9.80 Å². The van der Waals surface area contributed by atoms with Crippen LogP contribution in [-0.4, -0.2) is 0 Å². The molecule has 12 rings (SSSR count). The quantitative estimate of drug-likeness (QED) is 0.128. The molecule has 0 unspecified atom stereocenters. The van der Waals surface area contributed by atoms with E-state index in [2.05, 4.69) is 289 Å². The Labute approximate surface area is 411 Å². The van der Waals surface area contributed by atoms with Crippen molar-refractivity contribution in [2.24, 2.45) is 0 Å². The molecule has 70 heavy (non-hydrogen) atoms. The van der Waals surface area contributed by atoms with Crippen LogP contribution in [0.25, 0.3) is 55.7 Å². The van der Waals surface area contributed by atoms with Gasteiger partial charge in [0.1, 0.15) is 0 Å². The maximum Gasteiger partial charge on any atom is 0.0468 e. The summed E-state index contributed by atoms with van der Waals surface area (Å²) in [5.41, 5.74) is 24.3. The molecule has 0 fully saturated rings. The molecular formula is C68H50N2. The van der Waals surface area contributed by atoms with Crippen LogP contribution in [0.1, 0.15) is 23.1 Å². The summed E-state index contributed by atoms with van der Waals surface area (Å²) < 4.78 is 0. The van der Waals surface area contributed by atoms with E-state index in [0.717, 1.165) is 47.0 Å². The molecule has 0 N–H and O–H groups in total. The predicted molar refractivity (Wildman–Crippen MR) is 296 cm³/mol. The van der Waals surface area contributed by atoms with Gasteiger partial charge in [0.15, 0.2) is 0 Å². The molecule has 10 aromatic carbocycles. The molecule has 0 amide bonds. The first-order chi connectivity index (χ1) is 34.7. The molecule has 332 valence electrons. The second-order valence-electron chi connectivity index (χ2n) is 18.0. The molecule has 0 aromatic heterocycles. The molecule has 2 aliphatic carbocycles. The predicted octanol–water partition coefficient (Wildman–Crippen LogP) is 18.6. The molecule has 0 atom stereocenters. The number of nitrogens with zero attached hydrogens (tertiary/aromatic N) is 2. The van der Waals surface area contributed by atoms with Crippen LogP contribution in [0.4, 0.5) is 34.1 Å². The monoisotopic (exact) mass is 894 g/mol. The minimum Gasteiger partial charge on any atom is -0.310 e. The molecule has 10 aromatic rings. The highest BCUT2D eigenvalue weighted by Crippen LogP contribution is 2.46. The van der Waals surface area contributed by atoms with Crippen molar-refractivity contribution < 1.29 is 0 Å². The number of benzene rings is 10. The van der Waals surface area contributed by atoms with Gasteiger partial charge in [0, 0.05) is 34.1 Å². The van der Waals surface area contributed by atoms with Crippen molar-refractivity contribution in [2.75, 3.05) is 9.80 Å². The zero-order chi connectivity index (χ0) is 46.6. The number of rotatable bonds is 11. The third-order valence-electron chi connectivity index (χ3n) is 13.7. The van der Waals surface area contributed by atoms with Gasteiger partial charge in [0.25, 0.3) is 0 Å². The molecule has 0 saturated carbocycles. The van der Waals surface area contributed by atoms with Gasteiger partial charge >= 0.3 is 0 Å². The van der Waals surface area contributed by atoms with Crippen molar-refractivity contribution in [1.82, 2.24) is 0 Å². The van der Waals surface area contributed by atoms with Crippen LogP contribution in [0.3, 0.4) is 0 Å². The highest BCUT2D eigenvalue weighted by atomic mass is 15.1. The van der Waals surface area contributed by atoms with Gasteiger partial charge in [-0.15, -0.1) is 0 Å². The van der Waals surface area contributed by atoms with Gasteiger partial charge in [-0.2, -0.15) is 0 Å². The molecule has 0 saturated heterocycles. The second kappa shape index (κ2) is 19.0. The fourth-order valence-corrected chi connectivity index (χ4v) is 10.3. The molecule has 2 heteroatoms. The number of anilines is 6. The van der Waals surface area contributed by atoms with E-state index in [1.807, 2.05) is 0 Å². The van der Waals surface area contributed by atoms with Gasteiger partial charge in [-0.1, -0.05) is 206 Å². The van der Waals surface area contributed by atoms with E-state index in [4.69, 9.17) is 0 Å². The highest BCUT2D eigenvalue weighted by molar-refractivity contribution is 5.96. The first-order valence-electron chi connectivity index (χ1n) is 24.3. The normalized spacial score (nSPS) is 12.7. The summed E-state index contributed by atoms with van der Waals surface area (Å²) in [6.07, 6.45) is 9.06. The van der Waals surface area contributed by atoms with E-state index in [0.29, 0.717) is 0 Å². The summed E-state index contributed by atoms with van der Waals surface area (Å²) in [7, 11) is 0. The lowest BCUT2D eigenvalue weighted by Crippen LogP contribution is -2.10. The summed E-state index contributed by atoms with van der Waals surface area (Å²) in [6, 6.07) is 94.3. The SMILES string of the molecule is C1=C2C=C(c3cc(N(c4ccccc4)c4ccccc4)ccc3-c3ccccc3)CC=C2c2ccc(-c3ccc(-c4cc(N(c5ccccc5)c5ccccc5)ccc4-c4ccccc4)cc3)cc2C1. The zero-order valence-corrected chi connectivity index (χ0v) is 38.9. The van der Waals surface area contributed by atoms with Gasteiger partial charge in [-0.3, -0.25) is 0 Å². The van der Waals surface area contributed by atoms with Crippen LogP contribution in [0.15, 0.2) is 285 Å². The highest BCUT2D eigenvalue weighted by Gasteiger charge is 2.24. The number of hydrogen-bond acceptors (Lipinski definition) is 2. The van der Waals surface area contributed by atoms with E-state index >= 15 is 0 Å². The summed E-state index contributed by atoms with van der Waals surface area (Å²) in [6.45, 7) is 0. The third kappa shape index (κ3) is 8.38. The van der Waals surface area contributed by atoms with E-state index in [9.17, 15) is 0 Å². The molecule has 0 bridgehead atoms. The van der Waals surface area contributed by atoms with Crippen LogP contribution in [0, 0.1) is 0 Å². The summed E-state index contributed by atoms with van der Waals surface area (Å²) in [4.78, 5) is 4.69. The Morgan fingerprint density at radius 3 is 1.16 bits per heavy atom. The molecule has 0 radical (unpaired) electrons. The van der Waals surface area contributed by atoms with Crippen LogP contribution in [0.2, 0.25) is 0 Å². The fourth-order valence-electron chi connectivity index (χ4n) is 10.3. The minimum absolute atomic E-state index is 0.843. The van der Waals surface area contributed by atoms with Crippen LogP contribution in [-0.2, 0) is 6.42 Å². The first-order valence-corrected chi connectivity index (χ1v) is 24.3. The van der Waals surface area contributed by atoms with E-state index in [1.54, 1.807) is 0 Å². The van der Waals surface area contributed by atoms with Crippen molar-refractivity contribution in [3.8, 4) is 44.5 Å². The Balaban J connectivity index is 0.861. The minimum atomic E-state index is 0.843. The van der Waals surface area contributed by atoms with Gasteiger partial charge in [0.05, 0.1) is 0 Å². The molecular weight excluding hydrogens is 845 g/mol. The van der Waals surface area contributed by atoms with Crippen LogP contribution >= 0.6 is 0 Å². The molecule has 0 spiro atoms. The van der Waals surface area contributed by atoms with Crippen molar-refractivity contribution in [1.29, 1.82) is 0 Å². The zero-order valence-electron chi connectivity index (χ0n) is 38.9. The van der Waals surface area contributed by atoms with Gasteiger partial charge in [-0.05, 0) is 164 Å². The third-order valence-corrected chi connectivity index (χ3v) is 13.7. The molecule has 2 aliphatic rings. The molecule has 2 nitrogen and oxygen atoms in total. The summed E-state index contributed by atoms with van der Waals surface area (Å²) in [5.74, 6) is 0. The van der Waals surface area contributed by atoms with Crippen molar-refractivity contribution in [3.63, 3.8) is 0 Å². The standard InChI is InChI=1S/C68H50N2/c1-7-19-50(20-8-1)63-43-39-61(69(57-23-11-3-12-24-57)58-25-13-4-14-26-58)47-67(63)52-33-31-49(32-34-52)53-37-41-65-54(45-53)35-36-55-46-56(38-42-66(55)65)68-48-62(40-44-64(68)51-21-9-2-10-22-51)70(59-27-15-5-16-28-59)60-29-17-6-18-30-60/h1-34,36-37,39-48H,35,38H2. The second-order valence-corrected chi connectivity index (χ2v) is 18.0. The number of allylic oxidation sites excluding steroid dienone is 6. The van der Waals surface area contributed by atoms with E-state index < -0.39 is 0 Å². The van der Waals surface area contributed by atoms with Crippen molar-refractivity contribution >= 4 is 45.3 Å². The van der Waals surface area contributed by atoms with E-state index in [1.165, 1.54) is 77.9 Å². The Morgan fingerprint density at radius 1 is 0.257 bits per heavy atom. The van der Waals surface area contributed by atoms with Crippen LogP contribution < -0.4 is 9.80 Å². The van der Waals surface area contributed by atoms with Gasteiger partial charge in [0.2, 0.25) is 0 Å². The van der Waals surface area contributed by atoms with Crippen LogP contribution in [0.5, 0.6) is 0 Å². The number of hydrogen-bond donors (Lipinski definition) is 0. The first kappa shape index (κ1) is 42.4. The lowest BCUT2D eigenvalue weighted by Gasteiger charge is -2.28. The molecule has 0 heterocycles. The molecule has 0 aliphatic heterocycles. The van der Waals surface area contributed by atoms with Gasteiger partial charge in [-0.25, -0.2) is 0 Å². The Hall–Kier alpha value is -8.98. The fraction of sp³-hybridized carbons (Fsp3) is 0.0294. The number of fused-ring (bicyclic) bond motifs is 3. The average Bonchev–Trinajstić information content (AvgIpc) is 3.44. The largest absolute Gasteiger partial charge is 0.310 e. The van der Waals surface area contributed by atoms with Crippen molar-refractivity contribution in [3.05, 3.63) is 301 Å². The maximum absolute atomic E-state index is 2.45. The maximum atomic E-state index is 2.45. The average molecular weight is 895 g/mol. The van der Waals surface area contributed by atoms with Crippen molar-refractivity contribution in [2.45, 2.75) is 12.8 Å². The lowest BCUT2D eigenvalue weighted by atomic mass is 9.79. The Bertz CT molecular complexity index is 3460. The van der Waals surface area contributed by atoms with E-state index in [-0.39, 0.29) is 0 Å². The summed E-state index contributed by atoms with van der Waals surface area (Å²) >= 11 is 0. The smallest absolute Gasteiger partial charge is 0.0468 e. The topological polar surface area (TPSA) is 6.48 Å². The Kier molecular flexibility index (Phi) is 11.5. The summed E-state index contributed by atoms with van der Waals surface area (Å²) in [5, 5.41) is 0. The Morgan fingerprint density at radius 2 is 0.657 bits per heavy atom. The lowest BCUT2D eigenvalue weighted by molar-refractivity contribution is 1.19. The number of para-hydroxylation sites is 4.